The SMILES string of the molecule is CCc1c(C)nn(-c2nc3cc(N)ccc3o2)c1C. The number of oxazole rings is 1. The summed E-state index contributed by atoms with van der Waals surface area (Å²) in [6.45, 7) is 6.15. The van der Waals surface area contributed by atoms with Gasteiger partial charge in [-0.1, -0.05) is 6.92 Å². The number of hydrogen-bond donors (Lipinski definition) is 1. The molecule has 2 N–H and O–H groups in total. The summed E-state index contributed by atoms with van der Waals surface area (Å²) in [5.74, 6) is 0. The number of rotatable bonds is 2. The summed E-state index contributed by atoms with van der Waals surface area (Å²) in [6, 6.07) is 5.92. The van der Waals surface area contributed by atoms with Crippen LogP contribution in [0, 0.1) is 13.8 Å². The first-order valence-corrected chi connectivity index (χ1v) is 6.31. The highest BCUT2D eigenvalue weighted by molar-refractivity contribution is 5.77. The first kappa shape index (κ1) is 11.8. The molecular weight excluding hydrogens is 240 g/mol. The summed E-state index contributed by atoms with van der Waals surface area (Å²) in [5, 5.41) is 4.50. The monoisotopic (exact) mass is 256 g/mol. The molecule has 1 aromatic carbocycles. The average Bonchev–Trinajstić information content (AvgIpc) is 2.90. The number of nitrogens with two attached hydrogens (primary N) is 1. The molecule has 3 aromatic rings. The number of nitrogen functional groups attached to an aromatic ring is 1. The van der Waals surface area contributed by atoms with E-state index in [1.165, 1.54) is 5.56 Å². The molecule has 0 spiro atoms. The standard InChI is InChI=1S/C14H16N4O/c1-4-11-8(2)17-18(9(11)3)14-16-12-7-10(15)5-6-13(12)19-14/h5-7H,4,15H2,1-3H3. The first-order chi connectivity index (χ1) is 9.10. The lowest BCUT2D eigenvalue weighted by Gasteiger charge is -1.98. The minimum atomic E-state index is 0.487. The van der Waals surface area contributed by atoms with E-state index in [0.29, 0.717) is 11.7 Å². The third-order valence-corrected chi connectivity index (χ3v) is 3.38. The lowest BCUT2D eigenvalue weighted by molar-refractivity contribution is 0.536. The van der Waals surface area contributed by atoms with Crippen molar-refractivity contribution in [2.45, 2.75) is 27.2 Å². The van der Waals surface area contributed by atoms with Gasteiger partial charge in [0.2, 0.25) is 0 Å². The zero-order valence-corrected chi connectivity index (χ0v) is 11.3. The van der Waals surface area contributed by atoms with E-state index in [2.05, 4.69) is 17.0 Å². The van der Waals surface area contributed by atoms with Gasteiger partial charge in [-0.05, 0) is 44.0 Å². The Bertz CT molecular complexity index is 754. The molecule has 0 saturated heterocycles. The van der Waals surface area contributed by atoms with Gasteiger partial charge in [-0.25, -0.2) is 0 Å². The second-order valence-corrected chi connectivity index (χ2v) is 4.64. The van der Waals surface area contributed by atoms with Crippen LogP contribution < -0.4 is 5.73 Å². The number of anilines is 1. The van der Waals surface area contributed by atoms with Crippen LogP contribution in [0.4, 0.5) is 5.69 Å². The molecule has 5 heteroatoms. The predicted molar refractivity (Wildman–Crippen MR) is 74.4 cm³/mol. The van der Waals surface area contributed by atoms with Gasteiger partial charge < -0.3 is 10.2 Å². The third kappa shape index (κ3) is 1.78. The molecular formula is C14H16N4O. The minimum Gasteiger partial charge on any atom is -0.422 e. The van der Waals surface area contributed by atoms with Crippen molar-refractivity contribution in [3.8, 4) is 6.01 Å². The van der Waals surface area contributed by atoms with Crippen LogP contribution in [0.3, 0.4) is 0 Å². The molecule has 3 rings (SSSR count). The largest absolute Gasteiger partial charge is 0.422 e. The van der Waals surface area contributed by atoms with Crippen LogP contribution in [0.25, 0.3) is 17.1 Å². The van der Waals surface area contributed by atoms with Gasteiger partial charge in [0.15, 0.2) is 5.58 Å². The highest BCUT2D eigenvalue weighted by Crippen LogP contribution is 2.23. The van der Waals surface area contributed by atoms with Crippen LogP contribution in [0.15, 0.2) is 22.6 Å². The molecule has 0 aliphatic carbocycles. The molecule has 0 amide bonds. The molecule has 0 aliphatic rings. The summed E-state index contributed by atoms with van der Waals surface area (Å²) in [5.41, 5.74) is 11.2. The lowest BCUT2D eigenvalue weighted by Crippen LogP contribution is -1.99. The number of aryl methyl sites for hydroxylation is 1. The van der Waals surface area contributed by atoms with Crippen LogP contribution in [-0.2, 0) is 6.42 Å². The van der Waals surface area contributed by atoms with E-state index < -0.39 is 0 Å². The molecule has 0 fully saturated rings. The highest BCUT2D eigenvalue weighted by atomic mass is 16.4. The Morgan fingerprint density at radius 3 is 2.79 bits per heavy atom. The smallest absolute Gasteiger partial charge is 0.324 e. The topological polar surface area (TPSA) is 69.9 Å². The van der Waals surface area contributed by atoms with Crippen LogP contribution in [0.5, 0.6) is 0 Å². The molecule has 0 aliphatic heterocycles. The van der Waals surface area contributed by atoms with Crippen molar-refractivity contribution >= 4 is 16.8 Å². The summed E-state index contributed by atoms with van der Waals surface area (Å²) >= 11 is 0. The fraction of sp³-hybridized carbons (Fsp3) is 0.286. The van der Waals surface area contributed by atoms with Gasteiger partial charge in [0.25, 0.3) is 0 Å². The second-order valence-electron chi connectivity index (χ2n) is 4.64. The summed E-state index contributed by atoms with van der Waals surface area (Å²) < 4.78 is 7.49. The summed E-state index contributed by atoms with van der Waals surface area (Å²) in [4.78, 5) is 4.45. The third-order valence-electron chi connectivity index (χ3n) is 3.38. The van der Waals surface area contributed by atoms with Crippen molar-refractivity contribution in [3.63, 3.8) is 0 Å². The van der Waals surface area contributed by atoms with E-state index in [1.807, 2.05) is 19.9 Å². The van der Waals surface area contributed by atoms with E-state index in [-0.39, 0.29) is 0 Å². The molecule has 0 saturated carbocycles. The maximum Gasteiger partial charge on any atom is 0.324 e. The Balaban J connectivity index is 2.19. The summed E-state index contributed by atoms with van der Waals surface area (Å²) in [6.07, 6.45) is 0.949. The maximum atomic E-state index is 5.75. The maximum absolute atomic E-state index is 5.75. The van der Waals surface area contributed by atoms with Crippen LogP contribution in [-0.4, -0.2) is 14.8 Å². The Morgan fingerprint density at radius 1 is 1.32 bits per heavy atom. The van der Waals surface area contributed by atoms with E-state index in [4.69, 9.17) is 10.2 Å². The minimum absolute atomic E-state index is 0.487. The van der Waals surface area contributed by atoms with E-state index in [0.717, 1.165) is 28.9 Å². The van der Waals surface area contributed by atoms with Crippen molar-refractivity contribution in [1.29, 1.82) is 0 Å². The molecule has 98 valence electrons. The molecule has 19 heavy (non-hydrogen) atoms. The molecule has 0 unspecified atom stereocenters. The van der Waals surface area contributed by atoms with Crippen molar-refractivity contribution in [1.82, 2.24) is 14.8 Å². The first-order valence-electron chi connectivity index (χ1n) is 6.31. The lowest BCUT2D eigenvalue weighted by atomic mass is 10.1. The van der Waals surface area contributed by atoms with Gasteiger partial charge in [0, 0.05) is 11.4 Å². The van der Waals surface area contributed by atoms with Crippen molar-refractivity contribution in [2.24, 2.45) is 0 Å². The highest BCUT2D eigenvalue weighted by Gasteiger charge is 2.15. The number of benzene rings is 1. The Kier molecular flexibility index (Phi) is 2.55. The van der Waals surface area contributed by atoms with Crippen molar-refractivity contribution in [2.75, 3.05) is 5.73 Å². The zero-order chi connectivity index (χ0) is 13.6. The van der Waals surface area contributed by atoms with E-state index in [1.54, 1.807) is 16.8 Å². The fourth-order valence-corrected chi connectivity index (χ4v) is 2.40. The quantitative estimate of drug-likeness (QED) is 0.716. The van der Waals surface area contributed by atoms with Crippen LogP contribution in [0.2, 0.25) is 0 Å². The number of aromatic nitrogens is 3. The number of fused-ring (bicyclic) bond motifs is 1. The van der Waals surface area contributed by atoms with Gasteiger partial charge in [0.1, 0.15) is 5.52 Å². The summed E-state index contributed by atoms with van der Waals surface area (Å²) in [7, 11) is 0. The second kappa shape index (κ2) is 4.12. The van der Waals surface area contributed by atoms with Gasteiger partial charge in [-0.15, -0.1) is 0 Å². The van der Waals surface area contributed by atoms with Gasteiger partial charge in [-0.2, -0.15) is 14.8 Å². The molecule has 5 nitrogen and oxygen atoms in total. The van der Waals surface area contributed by atoms with Gasteiger partial charge in [0.05, 0.1) is 5.69 Å². The number of hydrogen-bond acceptors (Lipinski definition) is 4. The molecule has 2 heterocycles. The molecule has 0 atom stereocenters. The van der Waals surface area contributed by atoms with Crippen LogP contribution >= 0.6 is 0 Å². The van der Waals surface area contributed by atoms with Crippen molar-refractivity contribution < 1.29 is 4.42 Å². The van der Waals surface area contributed by atoms with Gasteiger partial charge >= 0.3 is 6.01 Å². The van der Waals surface area contributed by atoms with Crippen LogP contribution in [0.1, 0.15) is 23.9 Å². The normalized spacial score (nSPS) is 11.3. The van der Waals surface area contributed by atoms with E-state index in [9.17, 15) is 0 Å². The van der Waals surface area contributed by atoms with Gasteiger partial charge in [-0.3, -0.25) is 0 Å². The zero-order valence-electron chi connectivity index (χ0n) is 11.3. The number of nitrogens with zero attached hydrogens (tertiary/aromatic N) is 3. The Hall–Kier alpha value is -2.30. The average molecular weight is 256 g/mol. The molecule has 0 radical (unpaired) electrons. The fourth-order valence-electron chi connectivity index (χ4n) is 2.40. The van der Waals surface area contributed by atoms with Crippen molar-refractivity contribution in [3.05, 3.63) is 35.2 Å². The molecule has 2 aromatic heterocycles. The predicted octanol–water partition coefficient (Wildman–Crippen LogP) is 2.77. The Labute approximate surface area is 111 Å². The van der Waals surface area contributed by atoms with E-state index >= 15 is 0 Å². The molecule has 0 bridgehead atoms. The Morgan fingerprint density at radius 2 is 2.11 bits per heavy atom.